The van der Waals surface area contributed by atoms with Crippen molar-refractivity contribution < 1.29 is 17.6 Å². The van der Waals surface area contributed by atoms with E-state index in [1.54, 1.807) is 54.6 Å². The third-order valence-electron chi connectivity index (χ3n) is 4.55. The van der Waals surface area contributed by atoms with Gasteiger partial charge in [0.1, 0.15) is 11.6 Å². The third kappa shape index (κ3) is 5.07. The maximum atomic E-state index is 13.1. The Morgan fingerprint density at radius 2 is 1.81 bits per heavy atom. The fourth-order valence-electron chi connectivity index (χ4n) is 3.18. The maximum Gasteiger partial charge on any atom is 0.229 e. The summed E-state index contributed by atoms with van der Waals surface area (Å²) in [6.45, 7) is 0. The van der Waals surface area contributed by atoms with Crippen LogP contribution in [0.1, 0.15) is 5.56 Å². The van der Waals surface area contributed by atoms with Crippen LogP contribution in [0.15, 0.2) is 66.7 Å². The Hall–Kier alpha value is -3.72. The minimum absolute atomic E-state index is 0.000532. The average molecular weight is 438 g/mol. The van der Waals surface area contributed by atoms with Crippen LogP contribution in [0.2, 0.25) is 0 Å². The minimum Gasteiger partial charge on any atom is -0.338 e. The number of hydrogen-bond acceptors (Lipinski definition) is 4. The molecule has 158 valence electrons. The maximum absolute atomic E-state index is 13.1. The number of nitrogens with one attached hydrogen (secondary N) is 3. The molecule has 0 radical (unpaired) electrons. The van der Waals surface area contributed by atoms with Gasteiger partial charge in [-0.2, -0.15) is 0 Å². The number of para-hydroxylation sites is 1. The quantitative estimate of drug-likeness (QED) is 0.424. The van der Waals surface area contributed by atoms with Crippen LogP contribution >= 0.6 is 0 Å². The highest BCUT2D eigenvalue weighted by Gasteiger charge is 2.12. The first-order valence-corrected chi connectivity index (χ1v) is 11.3. The van der Waals surface area contributed by atoms with Gasteiger partial charge in [0.25, 0.3) is 0 Å². The van der Waals surface area contributed by atoms with Gasteiger partial charge in [0.05, 0.1) is 29.4 Å². The smallest absolute Gasteiger partial charge is 0.229 e. The Kier molecular flexibility index (Phi) is 5.43. The van der Waals surface area contributed by atoms with Crippen molar-refractivity contribution in [1.29, 1.82) is 0 Å². The van der Waals surface area contributed by atoms with E-state index in [9.17, 15) is 17.6 Å². The van der Waals surface area contributed by atoms with Crippen LogP contribution in [0.25, 0.3) is 22.4 Å². The van der Waals surface area contributed by atoms with Gasteiger partial charge in [0.15, 0.2) is 0 Å². The van der Waals surface area contributed by atoms with E-state index in [2.05, 4.69) is 20.0 Å². The number of hydrogen-bond donors (Lipinski definition) is 3. The lowest BCUT2D eigenvalue weighted by Gasteiger charge is -2.11. The van der Waals surface area contributed by atoms with Crippen LogP contribution < -0.4 is 10.0 Å². The van der Waals surface area contributed by atoms with Crippen molar-refractivity contribution in [3.63, 3.8) is 0 Å². The second-order valence-corrected chi connectivity index (χ2v) is 8.83. The first-order valence-electron chi connectivity index (χ1n) is 9.38. The summed E-state index contributed by atoms with van der Waals surface area (Å²) in [6.07, 6.45) is 1.06. The van der Waals surface area contributed by atoms with Gasteiger partial charge < -0.3 is 10.3 Å². The number of halogens is 1. The number of rotatable bonds is 6. The van der Waals surface area contributed by atoms with Crippen LogP contribution in [0.5, 0.6) is 0 Å². The lowest BCUT2D eigenvalue weighted by molar-refractivity contribution is -0.115. The number of nitrogens with zero attached hydrogens (tertiary/aromatic N) is 1. The van der Waals surface area contributed by atoms with E-state index < -0.39 is 10.0 Å². The lowest BCUT2D eigenvalue weighted by Crippen LogP contribution is -2.17. The Morgan fingerprint density at radius 3 is 2.55 bits per heavy atom. The largest absolute Gasteiger partial charge is 0.338 e. The molecule has 3 N–H and O–H groups in total. The summed E-state index contributed by atoms with van der Waals surface area (Å²) in [5.74, 6) is -0.0159. The molecule has 7 nitrogen and oxygen atoms in total. The third-order valence-corrected chi connectivity index (χ3v) is 5.14. The number of carbonyl (C=O) groups excluding carboxylic acids is 1. The first-order chi connectivity index (χ1) is 14.8. The molecule has 0 aliphatic carbocycles. The first kappa shape index (κ1) is 20.5. The molecule has 0 atom stereocenters. The van der Waals surface area contributed by atoms with Gasteiger partial charge in [0, 0.05) is 11.3 Å². The van der Waals surface area contributed by atoms with Crippen molar-refractivity contribution in [2.45, 2.75) is 6.42 Å². The average Bonchev–Trinajstić information content (AvgIpc) is 3.12. The molecule has 0 bridgehead atoms. The van der Waals surface area contributed by atoms with Crippen LogP contribution in [0.4, 0.5) is 15.8 Å². The molecule has 1 aromatic heterocycles. The van der Waals surface area contributed by atoms with Crippen molar-refractivity contribution >= 4 is 38.3 Å². The van der Waals surface area contributed by atoms with Gasteiger partial charge >= 0.3 is 0 Å². The standard InChI is InChI=1S/C22H19FN4O3S/c1-31(29,30)27-18-5-3-2-4-15(18)12-21(28)24-17-10-11-19-20(13-17)26-22(25-19)14-6-8-16(23)9-7-14/h2-11,13,27H,12H2,1H3,(H,24,28)(H,25,26). The van der Waals surface area contributed by atoms with E-state index in [1.807, 2.05) is 0 Å². The molecule has 31 heavy (non-hydrogen) atoms. The van der Waals surface area contributed by atoms with Gasteiger partial charge in [-0.25, -0.2) is 17.8 Å². The normalized spacial score (nSPS) is 11.4. The molecule has 0 unspecified atom stereocenters. The zero-order valence-corrected chi connectivity index (χ0v) is 17.3. The molecule has 1 amide bonds. The zero-order valence-electron chi connectivity index (χ0n) is 16.5. The van der Waals surface area contributed by atoms with E-state index in [0.29, 0.717) is 28.3 Å². The molecule has 9 heteroatoms. The predicted octanol–water partition coefficient (Wildman–Crippen LogP) is 3.92. The van der Waals surface area contributed by atoms with E-state index in [1.165, 1.54) is 12.1 Å². The van der Waals surface area contributed by atoms with Gasteiger partial charge in [-0.05, 0) is 54.1 Å². The van der Waals surface area contributed by atoms with E-state index in [0.717, 1.165) is 17.3 Å². The SMILES string of the molecule is CS(=O)(=O)Nc1ccccc1CC(=O)Nc1ccc2nc(-c3ccc(F)cc3)[nH]c2c1. The summed E-state index contributed by atoms with van der Waals surface area (Å²) < 4.78 is 38.6. The summed E-state index contributed by atoms with van der Waals surface area (Å²) in [7, 11) is -3.46. The van der Waals surface area contributed by atoms with Crippen LogP contribution in [0.3, 0.4) is 0 Å². The Labute approximate surface area is 178 Å². The second-order valence-electron chi connectivity index (χ2n) is 7.08. The highest BCUT2D eigenvalue weighted by molar-refractivity contribution is 7.92. The molecule has 0 spiro atoms. The number of aromatic nitrogens is 2. The van der Waals surface area contributed by atoms with Crippen molar-refractivity contribution in [3.05, 3.63) is 78.1 Å². The summed E-state index contributed by atoms with van der Waals surface area (Å²) in [5.41, 5.74) is 3.68. The number of sulfonamides is 1. The highest BCUT2D eigenvalue weighted by Crippen LogP contribution is 2.24. The monoisotopic (exact) mass is 438 g/mol. The number of imidazole rings is 1. The van der Waals surface area contributed by atoms with E-state index >= 15 is 0 Å². The summed E-state index contributed by atoms with van der Waals surface area (Å²) in [6, 6.07) is 18.0. The molecule has 1 heterocycles. The number of anilines is 2. The van der Waals surface area contributed by atoms with Crippen LogP contribution in [-0.2, 0) is 21.2 Å². The second kappa shape index (κ2) is 8.19. The highest BCUT2D eigenvalue weighted by atomic mass is 32.2. The number of fused-ring (bicyclic) bond motifs is 1. The number of H-pyrrole nitrogens is 1. The van der Waals surface area contributed by atoms with Gasteiger partial charge in [-0.1, -0.05) is 18.2 Å². The number of amides is 1. The number of carbonyl (C=O) groups is 1. The van der Waals surface area contributed by atoms with E-state index in [4.69, 9.17) is 0 Å². The number of aromatic amines is 1. The Morgan fingerprint density at radius 1 is 1.06 bits per heavy atom. The van der Waals surface area contributed by atoms with Crippen molar-refractivity contribution in [2.24, 2.45) is 0 Å². The van der Waals surface area contributed by atoms with Crippen LogP contribution in [-0.4, -0.2) is 30.5 Å². The topological polar surface area (TPSA) is 104 Å². The van der Waals surface area contributed by atoms with Crippen LogP contribution in [0, 0.1) is 5.82 Å². The number of benzene rings is 3. The van der Waals surface area contributed by atoms with Crippen molar-refractivity contribution in [2.75, 3.05) is 16.3 Å². The molecular weight excluding hydrogens is 419 g/mol. The van der Waals surface area contributed by atoms with Gasteiger partial charge in [-0.15, -0.1) is 0 Å². The van der Waals surface area contributed by atoms with Gasteiger partial charge in [-0.3, -0.25) is 9.52 Å². The molecular formula is C22H19FN4O3S. The molecule has 0 saturated carbocycles. The molecule has 0 aliphatic rings. The molecule has 3 aromatic carbocycles. The van der Waals surface area contributed by atoms with E-state index in [-0.39, 0.29) is 18.1 Å². The van der Waals surface area contributed by atoms with Crippen molar-refractivity contribution in [1.82, 2.24) is 9.97 Å². The molecule has 4 rings (SSSR count). The lowest BCUT2D eigenvalue weighted by atomic mass is 10.1. The fourth-order valence-corrected chi connectivity index (χ4v) is 3.78. The molecule has 0 aliphatic heterocycles. The summed E-state index contributed by atoms with van der Waals surface area (Å²) >= 11 is 0. The Balaban J connectivity index is 1.51. The van der Waals surface area contributed by atoms with Gasteiger partial charge in [0.2, 0.25) is 15.9 Å². The predicted molar refractivity (Wildman–Crippen MR) is 119 cm³/mol. The fraction of sp³-hybridized carbons (Fsp3) is 0.0909. The zero-order chi connectivity index (χ0) is 22.0. The Bertz CT molecular complexity index is 1370. The molecule has 4 aromatic rings. The summed E-state index contributed by atoms with van der Waals surface area (Å²) in [4.78, 5) is 20.2. The van der Waals surface area contributed by atoms with Crippen molar-refractivity contribution in [3.8, 4) is 11.4 Å². The summed E-state index contributed by atoms with van der Waals surface area (Å²) in [5, 5.41) is 2.82. The molecule has 0 saturated heterocycles. The minimum atomic E-state index is -3.46. The molecule has 0 fully saturated rings.